The molecule has 1 rings (SSSR count). The van der Waals surface area contributed by atoms with Gasteiger partial charge in [0.25, 0.3) is 0 Å². The van der Waals surface area contributed by atoms with Crippen molar-refractivity contribution in [3.8, 4) is 0 Å². The van der Waals surface area contributed by atoms with Gasteiger partial charge in [-0.1, -0.05) is 13.0 Å². The molecule has 0 saturated carbocycles. The summed E-state index contributed by atoms with van der Waals surface area (Å²) in [7, 11) is 0. The van der Waals surface area contributed by atoms with Crippen LogP contribution in [0.5, 0.6) is 0 Å². The van der Waals surface area contributed by atoms with Gasteiger partial charge in [-0.2, -0.15) is 11.8 Å². The van der Waals surface area contributed by atoms with Crippen molar-refractivity contribution in [2.24, 2.45) is 0 Å². The van der Waals surface area contributed by atoms with Gasteiger partial charge in [0.15, 0.2) is 0 Å². The van der Waals surface area contributed by atoms with Gasteiger partial charge in [-0.05, 0) is 13.3 Å². The molecule has 1 heterocycles. The van der Waals surface area contributed by atoms with Gasteiger partial charge < -0.3 is 4.90 Å². The van der Waals surface area contributed by atoms with Crippen LogP contribution in [0.1, 0.15) is 20.3 Å². The van der Waals surface area contributed by atoms with E-state index in [-0.39, 0.29) is 5.91 Å². The quantitative estimate of drug-likeness (QED) is 0.633. The average molecular weight is 199 g/mol. The molecule has 1 aliphatic rings. The molecule has 0 N–H and O–H groups in total. The predicted molar refractivity (Wildman–Crippen MR) is 58.0 cm³/mol. The molecule has 0 aromatic rings. The number of hydrogen-bond donors (Lipinski definition) is 0. The molecular weight excluding hydrogens is 182 g/mol. The summed E-state index contributed by atoms with van der Waals surface area (Å²) in [5, 5.41) is 0. The Balaban J connectivity index is 2.54. The number of amides is 1. The first-order valence-electron chi connectivity index (χ1n) is 4.81. The molecule has 0 aromatic carbocycles. The Labute approximate surface area is 84.4 Å². The molecule has 1 saturated heterocycles. The zero-order chi connectivity index (χ0) is 9.68. The lowest BCUT2D eigenvalue weighted by Gasteiger charge is -2.27. The fourth-order valence-electron chi connectivity index (χ4n) is 1.45. The van der Waals surface area contributed by atoms with Crippen LogP contribution >= 0.6 is 11.8 Å². The molecule has 1 aliphatic heterocycles. The lowest BCUT2D eigenvalue weighted by atomic mass is 10.1. The van der Waals surface area contributed by atoms with Crippen molar-refractivity contribution in [1.29, 1.82) is 0 Å². The van der Waals surface area contributed by atoms with Gasteiger partial charge in [0.05, 0.1) is 0 Å². The Bertz CT molecular complexity index is 207. The minimum Gasteiger partial charge on any atom is -0.337 e. The van der Waals surface area contributed by atoms with Gasteiger partial charge in [-0.3, -0.25) is 4.79 Å². The summed E-state index contributed by atoms with van der Waals surface area (Å²) in [5.41, 5.74) is 0.951. The van der Waals surface area contributed by atoms with Crippen molar-refractivity contribution in [2.45, 2.75) is 20.3 Å². The first-order valence-corrected chi connectivity index (χ1v) is 5.97. The van der Waals surface area contributed by atoms with E-state index in [1.54, 1.807) is 0 Å². The number of rotatable bonds is 2. The number of carbonyl (C=O) groups excluding carboxylic acids is 1. The Morgan fingerprint density at radius 3 is 2.54 bits per heavy atom. The number of nitrogens with zero attached hydrogens (tertiary/aromatic N) is 1. The van der Waals surface area contributed by atoms with E-state index < -0.39 is 0 Å². The highest BCUT2D eigenvalue weighted by Crippen LogP contribution is 2.13. The van der Waals surface area contributed by atoms with Crippen LogP contribution in [-0.2, 0) is 4.79 Å². The third kappa shape index (κ3) is 2.76. The van der Waals surface area contributed by atoms with Crippen LogP contribution in [0.15, 0.2) is 11.6 Å². The minimum atomic E-state index is 0.241. The van der Waals surface area contributed by atoms with E-state index >= 15 is 0 Å². The molecule has 0 radical (unpaired) electrons. The van der Waals surface area contributed by atoms with E-state index in [0.717, 1.165) is 36.6 Å². The van der Waals surface area contributed by atoms with Crippen LogP contribution < -0.4 is 0 Å². The van der Waals surface area contributed by atoms with E-state index in [2.05, 4.69) is 0 Å². The summed E-state index contributed by atoms with van der Waals surface area (Å²) in [6, 6.07) is 0. The second kappa shape index (κ2) is 5.32. The summed E-state index contributed by atoms with van der Waals surface area (Å²) in [6.45, 7) is 5.81. The monoisotopic (exact) mass is 199 g/mol. The largest absolute Gasteiger partial charge is 0.337 e. The average Bonchev–Trinajstić information content (AvgIpc) is 2.21. The van der Waals surface area contributed by atoms with Crippen LogP contribution in [-0.4, -0.2) is 35.4 Å². The van der Waals surface area contributed by atoms with Gasteiger partial charge in [-0.15, -0.1) is 0 Å². The molecule has 0 spiro atoms. The Hall–Kier alpha value is -0.440. The van der Waals surface area contributed by atoms with Gasteiger partial charge in [-0.25, -0.2) is 0 Å². The summed E-state index contributed by atoms with van der Waals surface area (Å²) in [6.07, 6.45) is 2.78. The summed E-state index contributed by atoms with van der Waals surface area (Å²) >= 11 is 1.93. The summed E-state index contributed by atoms with van der Waals surface area (Å²) in [4.78, 5) is 13.8. The lowest BCUT2D eigenvalue weighted by molar-refractivity contribution is -0.126. The van der Waals surface area contributed by atoms with E-state index in [9.17, 15) is 4.79 Å². The standard InChI is InChI=1S/C10H17NOS/c1-3-9(4-2)10(12)11-5-7-13-8-6-11/h3H,4-8H2,1-2H3/b9-3+. The number of thioether (sulfide) groups is 1. The van der Waals surface area contributed by atoms with Crippen molar-refractivity contribution in [1.82, 2.24) is 4.90 Å². The molecule has 1 fully saturated rings. The molecule has 0 aliphatic carbocycles. The van der Waals surface area contributed by atoms with Crippen molar-refractivity contribution in [2.75, 3.05) is 24.6 Å². The Morgan fingerprint density at radius 2 is 2.08 bits per heavy atom. The number of allylic oxidation sites excluding steroid dienone is 1. The Morgan fingerprint density at radius 1 is 1.46 bits per heavy atom. The van der Waals surface area contributed by atoms with Crippen LogP contribution in [0.4, 0.5) is 0 Å². The van der Waals surface area contributed by atoms with E-state index in [0.29, 0.717) is 0 Å². The molecule has 0 unspecified atom stereocenters. The maximum atomic E-state index is 11.8. The first kappa shape index (κ1) is 10.6. The SMILES string of the molecule is C/C=C(\CC)C(=O)N1CCSCC1. The topological polar surface area (TPSA) is 20.3 Å². The highest BCUT2D eigenvalue weighted by molar-refractivity contribution is 7.99. The van der Waals surface area contributed by atoms with Gasteiger partial charge in [0, 0.05) is 30.2 Å². The number of hydrogen-bond acceptors (Lipinski definition) is 2. The normalized spacial score (nSPS) is 18.9. The fraction of sp³-hybridized carbons (Fsp3) is 0.700. The van der Waals surface area contributed by atoms with Crippen molar-refractivity contribution >= 4 is 17.7 Å². The zero-order valence-electron chi connectivity index (χ0n) is 8.38. The Kier molecular flexibility index (Phi) is 4.36. The first-order chi connectivity index (χ1) is 6.29. The van der Waals surface area contributed by atoms with Crippen molar-refractivity contribution < 1.29 is 4.79 Å². The second-order valence-electron chi connectivity index (χ2n) is 3.07. The second-order valence-corrected chi connectivity index (χ2v) is 4.30. The maximum Gasteiger partial charge on any atom is 0.249 e. The highest BCUT2D eigenvalue weighted by atomic mass is 32.2. The van der Waals surface area contributed by atoms with Crippen molar-refractivity contribution in [3.05, 3.63) is 11.6 Å². The van der Waals surface area contributed by atoms with Crippen LogP contribution in [0, 0.1) is 0 Å². The van der Waals surface area contributed by atoms with Crippen LogP contribution in [0.25, 0.3) is 0 Å². The van der Waals surface area contributed by atoms with Crippen LogP contribution in [0.2, 0.25) is 0 Å². The third-order valence-corrected chi connectivity index (χ3v) is 3.24. The minimum absolute atomic E-state index is 0.241. The highest BCUT2D eigenvalue weighted by Gasteiger charge is 2.18. The molecule has 13 heavy (non-hydrogen) atoms. The van der Waals surface area contributed by atoms with Gasteiger partial charge in [0.1, 0.15) is 0 Å². The van der Waals surface area contributed by atoms with Gasteiger partial charge >= 0.3 is 0 Å². The smallest absolute Gasteiger partial charge is 0.249 e. The fourth-order valence-corrected chi connectivity index (χ4v) is 2.35. The lowest BCUT2D eigenvalue weighted by Crippen LogP contribution is -2.38. The van der Waals surface area contributed by atoms with E-state index in [4.69, 9.17) is 0 Å². The predicted octanol–water partition coefficient (Wildman–Crippen LogP) is 1.92. The molecule has 74 valence electrons. The molecule has 1 amide bonds. The maximum absolute atomic E-state index is 11.8. The molecule has 0 aromatic heterocycles. The third-order valence-electron chi connectivity index (χ3n) is 2.30. The number of carbonyl (C=O) groups is 1. The summed E-state index contributed by atoms with van der Waals surface area (Å²) in [5.74, 6) is 2.42. The molecular formula is C10H17NOS. The van der Waals surface area contributed by atoms with Gasteiger partial charge in [0.2, 0.25) is 5.91 Å². The van der Waals surface area contributed by atoms with Crippen molar-refractivity contribution in [3.63, 3.8) is 0 Å². The van der Waals surface area contributed by atoms with Crippen LogP contribution in [0.3, 0.4) is 0 Å². The molecule has 0 atom stereocenters. The molecule has 0 bridgehead atoms. The summed E-state index contributed by atoms with van der Waals surface area (Å²) < 4.78 is 0. The molecule has 2 nitrogen and oxygen atoms in total. The molecule has 3 heteroatoms. The van der Waals surface area contributed by atoms with E-state index in [1.807, 2.05) is 36.6 Å². The zero-order valence-corrected chi connectivity index (χ0v) is 9.19. The van der Waals surface area contributed by atoms with E-state index in [1.165, 1.54) is 0 Å².